The molecule has 0 aromatic carbocycles. The predicted octanol–water partition coefficient (Wildman–Crippen LogP) is 0.540. The van der Waals surface area contributed by atoms with E-state index in [9.17, 15) is 0 Å². The predicted molar refractivity (Wildman–Crippen MR) is 61.4 cm³/mol. The summed E-state index contributed by atoms with van der Waals surface area (Å²) < 4.78 is 10.7. The number of hydrogen-bond acceptors (Lipinski definition) is 3. The third-order valence-corrected chi connectivity index (χ3v) is 3.45. The van der Waals surface area contributed by atoms with Gasteiger partial charge >= 0.3 is 0 Å². The molecule has 0 atom stereocenters. The Hall–Kier alpha value is -0.810. The molecule has 2 fully saturated rings. The van der Waals surface area contributed by atoms with Crippen LogP contribution in [0, 0.1) is 5.41 Å². The summed E-state index contributed by atoms with van der Waals surface area (Å²) in [5.41, 5.74) is 5.73. The molecule has 92 valence electrons. The number of guanidine groups is 1. The van der Waals surface area contributed by atoms with Gasteiger partial charge in [-0.1, -0.05) is 0 Å². The lowest BCUT2D eigenvalue weighted by Crippen LogP contribution is -2.53. The Kier molecular flexibility index (Phi) is 4.01. The van der Waals surface area contributed by atoms with Crippen molar-refractivity contribution in [2.24, 2.45) is 5.73 Å². The van der Waals surface area contributed by atoms with Crippen molar-refractivity contribution in [2.45, 2.75) is 37.8 Å². The lowest BCUT2D eigenvalue weighted by Gasteiger charge is -2.41. The second-order valence-electron chi connectivity index (χ2n) is 4.48. The van der Waals surface area contributed by atoms with Crippen LogP contribution in [-0.2, 0) is 9.47 Å². The minimum Gasteiger partial charge on any atom is -0.381 e. The zero-order chi connectivity index (χ0) is 11.4. The third-order valence-electron chi connectivity index (χ3n) is 3.45. The van der Waals surface area contributed by atoms with Gasteiger partial charge in [0.1, 0.15) is 0 Å². The minimum absolute atomic E-state index is 0.207. The van der Waals surface area contributed by atoms with E-state index in [2.05, 4.69) is 4.90 Å². The van der Waals surface area contributed by atoms with Gasteiger partial charge in [0.15, 0.2) is 5.96 Å². The van der Waals surface area contributed by atoms with Crippen molar-refractivity contribution in [3.05, 3.63) is 0 Å². The molecule has 0 aromatic rings. The summed E-state index contributed by atoms with van der Waals surface area (Å²) in [6.45, 7) is 3.16. The molecule has 5 nitrogen and oxygen atoms in total. The topological polar surface area (TPSA) is 71.6 Å². The van der Waals surface area contributed by atoms with Gasteiger partial charge in [0, 0.05) is 38.5 Å². The van der Waals surface area contributed by atoms with Crippen molar-refractivity contribution in [1.29, 1.82) is 5.41 Å². The van der Waals surface area contributed by atoms with Crippen LogP contribution in [0.2, 0.25) is 0 Å². The van der Waals surface area contributed by atoms with Crippen LogP contribution in [0.25, 0.3) is 0 Å². The molecule has 2 rings (SSSR count). The summed E-state index contributed by atoms with van der Waals surface area (Å²) >= 11 is 0. The van der Waals surface area contributed by atoms with Crippen LogP contribution in [0.4, 0.5) is 0 Å². The summed E-state index contributed by atoms with van der Waals surface area (Å²) in [6.07, 6.45) is 3.93. The summed E-state index contributed by atoms with van der Waals surface area (Å²) in [7, 11) is 0. The standard InChI is InChI=1S/C11H21N3O2/c12-11(13)14(9-1-5-15-6-2-9)10-3-7-16-8-4-10/h9-10H,1-8H2,(H3,12,13). The van der Waals surface area contributed by atoms with Gasteiger partial charge in [-0.3, -0.25) is 5.41 Å². The highest BCUT2D eigenvalue weighted by Gasteiger charge is 2.30. The minimum atomic E-state index is 0.207. The molecule has 3 N–H and O–H groups in total. The highest BCUT2D eigenvalue weighted by atomic mass is 16.5. The number of hydrogen-bond donors (Lipinski definition) is 2. The van der Waals surface area contributed by atoms with E-state index in [1.165, 1.54) is 0 Å². The Morgan fingerprint density at radius 2 is 1.31 bits per heavy atom. The van der Waals surface area contributed by atoms with Crippen molar-refractivity contribution >= 4 is 5.96 Å². The van der Waals surface area contributed by atoms with Gasteiger partial charge in [-0.25, -0.2) is 0 Å². The smallest absolute Gasteiger partial charge is 0.188 e. The molecular formula is C11H21N3O2. The first-order chi connectivity index (χ1) is 7.79. The van der Waals surface area contributed by atoms with Gasteiger partial charge in [-0.15, -0.1) is 0 Å². The SMILES string of the molecule is N=C(N)N(C1CCOCC1)C1CCOCC1. The lowest BCUT2D eigenvalue weighted by molar-refractivity contribution is 0.0107. The quantitative estimate of drug-likeness (QED) is 0.533. The largest absolute Gasteiger partial charge is 0.381 e. The zero-order valence-corrected chi connectivity index (χ0v) is 9.65. The molecule has 0 aromatic heterocycles. The Morgan fingerprint density at radius 3 is 1.62 bits per heavy atom. The maximum Gasteiger partial charge on any atom is 0.188 e. The van der Waals surface area contributed by atoms with E-state index in [0.29, 0.717) is 12.1 Å². The van der Waals surface area contributed by atoms with Crippen LogP contribution in [0.5, 0.6) is 0 Å². The zero-order valence-electron chi connectivity index (χ0n) is 9.65. The molecule has 2 saturated heterocycles. The number of rotatable bonds is 2. The van der Waals surface area contributed by atoms with Gasteiger partial charge in [-0.05, 0) is 25.7 Å². The normalized spacial score (nSPS) is 24.2. The van der Waals surface area contributed by atoms with Crippen LogP contribution < -0.4 is 5.73 Å². The third kappa shape index (κ3) is 2.65. The van der Waals surface area contributed by atoms with Crippen LogP contribution in [0.15, 0.2) is 0 Å². The van der Waals surface area contributed by atoms with Gasteiger partial charge in [0.2, 0.25) is 0 Å². The summed E-state index contributed by atoms with van der Waals surface area (Å²) in [5.74, 6) is 0.207. The van der Waals surface area contributed by atoms with Gasteiger partial charge in [-0.2, -0.15) is 0 Å². The summed E-state index contributed by atoms with van der Waals surface area (Å²) in [4.78, 5) is 2.09. The molecule has 16 heavy (non-hydrogen) atoms. The van der Waals surface area contributed by atoms with E-state index >= 15 is 0 Å². The van der Waals surface area contributed by atoms with Crippen LogP contribution >= 0.6 is 0 Å². The highest BCUT2D eigenvalue weighted by molar-refractivity contribution is 5.75. The van der Waals surface area contributed by atoms with Gasteiger partial charge in [0.25, 0.3) is 0 Å². The average molecular weight is 227 g/mol. The monoisotopic (exact) mass is 227 g/mol. The van der Waals surface area contributed by atoms with E-state index < -0.39 is 0 Å². The van der Waals surface area contributed by atoms with Crippen LogP contribution in [0.3, 0.4) is 0 Å². The fourth-order valence-corrected chi connectivity index (χ4v) is 2.62. The Bertz CT molecular complexity index is 217. The molecule has 0 spiro atoms. The molecular weight excluding hydrogens is 206 g/mol. The van der Waals surface area contributed by atoms with Gasteiger partial charge < -0.3 is 20.1 Å². The van der Waals surface area contributed by atoms with E-state index in [-0.39, 0.29) is 5.96 Å². The van der Waals surface area contributed by atoms with E-state index in [4.69, 9.17) is 20.6 Å². The maximum absolute atomic E-state index is 7.75. The number of nitrogens with one attached hydrogen (secondary N) is 1. The Balaban J connectivity index is 1.99. The first-order valence-corrected chi connectivity index (χ1v) is 6.07. The molecule has 0 amide bonds. The molecule has 5 heteroatoms. The van der Waals surface area contributed by atoms with E-state index in [0.717, 1.165) is 52.1 Å². The van der Waals surface area contributed by atoms with Crippen molar-refractivity contribution in [3.63, 3.8) is 0 Å². The highest BCUT2D eigenvalue weighted by Crippen LogP contribution is 2.22. The van der Waals surface area contributed by atoms with E-state index in [1.54, 1.807) is 0 Å². The molecule has 0 aliphatic carbocycles. The lowest BCUT2D eigenvalue weighted by atomic mass is 10.0. The summed E-state index contributed by atoms with van der Waals surface area (Å²) in [5, 5.41) is 7.75. The first-order valence-electron chi connectivity index (χ1n) is 6.07. The molecule has 2 aliphatic rings. The Morgan fingerprint density at radius 1 is 0.938 bits per heavy atom. The van der Waals surface area contributed by atoms with Crippen LogP contribution in [-0.4, -0.2) is 49.4 Å². The molecule has 0 saturated carbocycles. The van der Waals surface area contributed by atoms with Crippen molar-refractivity contribution in [2.75, 3.05) is 26.4 Å². The fourth-order valence-electron chi connectivity index (χ4n) is 2.62. The molecule has 2 heterocycles. The van der Waals surface area contributed by atoms with Gasteiger partial charge in [0.05, 0.1) is 0 Å². The molecule has 2 aliphatic heterocycles. The number of ether oxygens (including phenoxy) is 2. The molecule has 0 unspecified atom stereocenters. The van der Waals surface area contributed by atoms with Crippen molar-refractivity contribution in [3.8, 4) is 0 Å². The molecule has 0 bridgehead atoms. The first kappa shape index (κ1) is 11.7. The Labute approximate surface area is 96.4 Å². The van der Waals surface area contributed by atoms with E-state index in [1.807, 2.05) is 0 Å². The number of nitrogens with zero attached hydrogens (tertiary/aromatic N) is 1. The number of nitrogens with two attached hydrogens (primary N) is 1. The van der Waals surface area contributed by atoms with Crippen molar-refractivity contribution in [1.82, 2.24) is 4.90 Å². The van der Waals surface area contributed by atoms with Crippen molar-refractivity contribution < 1.29 is 9.47 Å². The summed E-state index contributed by atoms with van der Waals surface area (Å²) in [6, 6.07) is 0.767. The molecule has 0 radical (unpaired) electrons. The maximum atomic E-state index is 7.75. The second kappa shape index (κ2) is 5.50. The second-order valence-corrected chi connectivity index (χ2v) is 4.48. The fraction of sp³-hybridized carbons (Fsp3) is 0.909. The van der Waals surface area contributed by atoms with Crippen LogP contribution in [0.1, 0.15) is 25.7 Å². The average Bonchev–Trinajstić information content (AvgIpc) is 2.31.